The van der Waals surface area contributed by atoms with Crippen molar-refractivity contribution in [3.05, 3.63) is 0 Å². The van der Waals surface area contributed by atoms with Gasteiger partial charge in [0.1, 0.15) is 24.4 Å². The van der Waals surface area contributed by atoms with Crippen LogP contribution in [0.3, 0.4) is 0 Å². The Hall–Kier alpha value is -1.32. The molecule has 0 saturated carbocycles. The fourth-order valence-corrected chi connectivity index (χ4v) is 2.41. The molecule has 0 spiro atoms. The van der Waals surface area contributed by atoms with E-state index < -0.39 is 24.1 Å². The smallest absolute Gasteiger partial charge is 0.465 e. The third-order valence-corrected chi connectivity index (χ3v) is 4.19. The summed E-state index contributed by atoms with van der Waals surface area (Å²) in [7, 11) is 1.47. The van der Waals surface area contributed by atoms with E-state index in [0.29, 0.717) is 12.8 Å². The molecule has 0 aromatic carbocycles. The van der Waals surface area contributed by atoms with Crippen LogP contribution in [0.2, 0.25) is 0 Å². The van der Waals surface area contributed by atoms with Crippen molar-refractivity contribution in [1.29, 1.82) is 0 Å². The number of ketones is 1. The van der Waals surface area contributed by atoms with Crippen molar-refractivity contribution in [3.63, 3.8) is 0 Å². The molecule has 0 radical (unpaired) electrons. The maximum Gasteiger partial charge on any atom is 0.508 e. The van der Waals surface area contributed by atoms with Gasteiger partial charge >= 0.3 is 12.1 Å². The number of thioether (sulfide) groups is 1. The summed E-state index contributed by atoms with van der Waals surface area (Å²) in [4.78, 5) is 34.2. The SMILES string of the molecule is COCCOC(=O)OCC(C)(CO)C(=O)OCCCSCCC(C)=O. The van der Waals surface area contributed by atoms with Gasteiger partial charge in [-0.2, -0.15) is 11.8 Å². The highest BCUT2D eigenvalue weighted by Gasteiger charge is 2.36. The first-order chi connectivity index (χ1) is 11.9. The van der Waals surface area contributed by atoms with E-state index in [0.717, 1.165) is 11.5 Å². The molecule has 0 aliphatic heterocycles. The molecule has 0 heterocycles. The number of aliphatic hydroxyl groups excluding tert-OH is 1. The van der Waals surface area contributed by atoms with Crippen LogP contribution in [0.15, 0.2) is 0 Å². The van der Waals surface area contributed by atoms with Gasteiger partial charge in [0.15, 0.2) is 0 Å². The maximum absolute atomic E-state index is 12.1. The molecule has 0 aromatic heterocycles. The summed E-state index contributed by atoms with van der Waals surface area (Å²) in [6, 6.07) is 0. The largest absolute Gasteiger partial charge is 0.508 e. The lowest BCUT2D eigenvalue weighted by atomic mass is 9.93. The van der Waals surface area contributed by atoms with E-state index in [9.17, 15) is 19.5 Å². The van der Waals surface area contributed by atoms with Crippen molar-refractivity contribution in [2.75, 3.05) is 51.6 Å². The molecule has 0 amide bonds. The highest BCUT2D eigenvalue weighted by atomic mass is 32.2. The monoisotopic (exact) mass is 380 g/mol. The molecule has 1 atom stereocenters. The van der Waals surface area contributed by atoms with Crippen LogP contribution < -0.4 is 0 Å². The summed E-state index contributed by atoms with van der Waals surface area (Å²) in [5.74, 6) is 1.02. The number of hydrogen-bond acceptors (Lipinski definition) is 9. The zero-order valence-corrected chi connectivity index (χ0v) is 15.9. The Bertz CT molecular complexity index is 415. The topological polar surface area (TPSA) is 108 Å². The van der Waals surface area contributed by atoms with Gasteiger partial charge in [-0.25, -0.2) is 4.79 Å². The van der Waals surface area contributed by atoms with Crippen molar-refractivity contribution in [3.8, 4) is 0 Å². The molecule has 8 nitrogen and oxygen atoms in total. The number of hydrogen-bond donors (Lipinski definition) is 1. The Labute approximate surface area is 152 Å². The lowest BCUT2D eigenvalue weighted by Gasteiger charge is -2.24. The van der Waals surface area contributed by atoms with Crippen molar-refractivity contribution in [2.45, 2.75) is 26.7 Å². The van der Waals surface area contributed by atoms with Gasteiger partial charge in [-0.05, 0) is 26.0 Å². The number of aliphatic hydroxyl groups is 1. The summed E-state index contributed by atoms with van der Waals surface area (Å²) in [6.07, 6.45) is 0.229. The zero-order valence-electron chi connectivity index (χ0n) is 15.1. The van der Waals surface area contributed by atoms with Crippen LogP contribution in [-0.4, -0.2) is 74.7 Å². The van der Waals surface area contributed by atoms with Crippen LogP contribution in [0.1, 0.15) is 26.7 Å². The van der Waals surface area contributed by atoms with Crippen LogP contribution in [0.4, 0.5) is 4.79 Å². The second kappa shape index (κ2) is 13.9. The van der Waals surface area contributed by atoms with E-state index in [4.69, 9.17) is 18.9 Å². The van der Waals surface area contributed by atoms with Gasteiger partial charge in [0.05, 0.1) is 19.8 Å². The Morgan fingerprint density at radius 3 is 2.36 bits per heavy atom. The van der Waals surface area contributed by atoms with E-state index in [1.165, 1.54) is 14.0 Å². The normalized spacial score (nSPS) is 13.0. The number of carbonyl (C=O) groups is 3. The van der Waals surface area contributed by atoms with Crippen LogP contribution >= 0.6 is 11.8 Å². The average molecular weight is 380 g/mol. The number of rotatable bonds is 14. The van der Waals surface area contributed by atoms with E-state index in [1.807, 2.05) is 0 Å². The van der Waals surface area contributed by atoms with Gasteiger partial charge in [-0.15, -0.1) is 0 Å². The predicted octanol–water partition coefficient (Wildman–Crippen LogP) is 1.43. The molecular formula is C16H28O8S. The number of esters is 1. The van der Waals surface area contributed by atoms with E-state index in [2.05, 4.69) is 0 Å². The summed E-state index contributed by atoms with van der Waals surface area (Å²) in [5, 5.41) is 9.42. The van der Waals surface area contributed by atoms with Crippen LogP contribution in [0.5, 0.6) is 0 Å². The summed E-state index contributed by atoms with van der Waals surface area (Å²) < 4.78 is 19.4. The first kappa shape index (κ1) is 23.7. The summed E-state index contributed by atoms with van der Waals surface area (Å²) >= 11 is 1.61. The third-order valence-electron chi connectivity index (χ3n) is 3.12. The molecule has 1 N–H and O–H groups in total. The van der Waals surface area contributed by atoms with Gasteiger partial charge < -0.3 is 24.1 Å². The van der Waals surface area contributed by atoms with Gasteiger partial charge in [-0.3, -0.25) is 9.59 Å². The number of ether oxygens (including phenoxy) is 4. The van der Waals surface area contributed by atoms with Crippen LogP contribution in [0, 0.1) is 5.41 Å². The predicted molar refractivity (Wildman–Crippen MR) is 92.6 cm³/mol. The van der Waals surface area contributed by atoms with Crippen molar-refractivity contribution in [2.24, 2.45) is 5.41 Å². The van der Waals surface area contributed by atoms with E-state index >= 15 is 0 Å². The van der Waals surface area contributed by atoms with Crippen LogP contribution in [-0.2, 0) is 28.5 Å². The molecule has 25 heavy (non-hydrogen) atoms. The molecule has 0 bridgehead atoms. The molecular weight excluding hydrogens is 352 g/mol. The first-order valence-corrected chi connectivity index (χ1v) is 9.15. The minimum Gasteiger partial charge on any atom is -0.465 e. The maximum atomic E-state index is 12.1. The molecule has 0 aliphatic carbocycles. The molecule has 9 heteroatoms. The van der Waals surface area contributed by atoms with Gasteiger partial charge in [0.25, 0.3) is 0 Å². The average Bonchev–Trinajstić information content (AvgIpc) is 2.58. The minimum atomic E-state index is -1.35. The van der Waals surface area contributed by atoms with Crippen molar-refractivity contribution >= 4 is 29.7 Å². The lowest BCUT2D eigenvalue weighted by molar-refractivity contribution is -0.160. The van der Waals surface area contributed by atoms with Gasteiger partial charge in [0.2, 0.25) is 0 Å². The summed E-state index contributed by atoms with van der Waals surface area (Å²) in [6.45, 7) is 2.59. The zero-order chi connectivity index (χ0) is 19.1. The number of carbonyl (C=O) groups excluding carboxylic acids is 3. The van der Waals surface area contributed by atoms with E-state index in [-0.39, 0.29) is 32.2 Å². The summed E-state index contributed by atoms with van der Waals surface area (Å²) in [5.41, 5.74) is -1.35. The molecule has 0 saturated heterocycles. The van der Waals surface area contributed by atoms with Gasteiger partial charge in [-0.1, -0.05) is 0 Å². The molecule has 1 unspecified atom stereocenters. The number of Topliss-reactive ketones (excluding diaryl/α,β-unsaturated/α-hetero) is 1. The van der Waals surface area contributed by atoms with Crippen LogP contribution in [0.25, 0.3) is 0 Å². The second-order valence-corrected chi connectivity index (χ2v) is 6.88. The Balaban J connectivity index is 4.01. The molecule has 0 rings (SSSR count). The molecule has 0 fully saturated rings. The lowest BCUT2D eigenvalue weighted by Crippen LogP contribution is -2.39. The second-order valence-electron chi connectivity index (χ2n) is 5.65. The van der Waals surface area contributed by atoms with Crippen molar-refractivity contribution < 1.29 is 38.4 Å². The molecule has 146 valence electrons. The first-order valence-electron chi connectivity index (χ1n) is 7.99. The number of methoxy groups -OCH3 is 1. The Morgan fingerprint density at radius 2 is 1.76 bits per heavy atom. The standard InChI is InChI=1S/C16H28O8S/c1-13(18)5-10-25-9-4-6-22-14(19)16(2,11-17)12-24-15(20)23-8-7-21-3/h17H,4-12H2,1-3H3. The fraction of sp³-hybridized carbons (Fsp3) is 0.812. The van der Waals surface area contributed by atoms with E-state index in [1.54, 1.807) is 18.7 Å². The third kappa shape index (κ3) is 11.8. The van der Waals surface area contributed by atoms with Gasteiger partial charge in [0, 0.05) is 19.3 Å². The Morgan fingerprint density at radius 1 is 1.04 bits per heavy atom. The fourth-order valence-electron chi connectivity index (χ4n) is 1.46. The minimum absolute atomic E-state index is 0.0386. The van der Waals surface area contributed by atoms with Crippen molar-refractivity contribution in [1.82, 2.24) is 0 Å². The molecule has 0 aromatic rings. The quantitative estimate of drug-likeness (QED) is 0.353. The Kier molecular flexibility index (Phi) is 13.2. The highest BCUT2D eigenvalue weighted by molar-refractivity contribution is 7.99. The highest BCUT2D eigenvalue weighted by Crippen LogP contribution is 2.19. The molecule has 0 aliphatic rings.